The zero-order chi connectivity index (χ0) is 17.3. The van der Waals surface area contributed by atoms with Crippen LogP contribution in [0.1, 0.15) is 46.1 Å². The van der Waals surface area contributed by atoms with Gasteiger partial charge in [0, 0.05) is 24.0 Å². The zero-order valence-corrected chi connectivity index (χ0v) is 15.1. The van der Waals surface area contributed by atoms with Crippen molar-refractivity contribution >= 4 is 17.7 Å². The first-order valence-corrected chi connectivity index (χ1v) is 8.44. The molecule has 1 aliphatic rings. The normalized spacial score (nSPS) is 21.7. The van der Waals surface area contributed by atoms with Crippen LogP contribution in [0.5, 0.6) is 0 Å². The molecule has 0 unspecified atom stereocenters. The number of piperidine rings is 1. The van der Waals surface area contributed by atoms with E-state index in [0.29, 0.717) is 18.1 Å². The van der Waals surface area contributed by atoms with Crippen LogP contribution in [0.3, 0.4) is 0 Å². The van der Waals surface area contributed by atoms with Crippen molar-refractivity contribution in [2.75, 3.05) is 13.1 Å². The smallest absolute Gasteiger partial charge is 0.410 e. The molecule has 0 saturated carbocycles. The third-order valence-electron chi connectivity index (χ3n) is 4.28. The number of halogens is 1. The first kappa shape index (κ1) is 18.1. The fourth-order valence-corrected chi connectivity index (χ4v) is 3.16. The van der Waals surface area contributed by atoms with Gasteiger partial charge < -0.3 is 14.7 Å². The van der Waals surface area contributed by atoms with Crippen molar-refractivity contribution in [3.63, 3.8) is 0 Å². The van der Waals surface area contributed by atoms with Crippen molar-refractivity contribution in [3.8, 4) is 0 Å². The summed E-state index contributed by atoms with van der Waals surface area (Å²) in [5.41, 5.74) is -0.772. The molecular weight excluding hydrogens is 314 g/mol. The van der Waals surface area contributed by atoms with Gasteiger partial charge in [0.2, 0.25) is 0 Å². The van der Waals surface area contributed by atoms with E-state index in [9.17, 15) is 9.90 Å². The highest BCUT2D eigenvalue weighted by atomic mass is 35.5. The predicted molar refractivity (Wildman–Crippen MR) is 91.6 cm³/mol. The quantitative estimate of drug-likeness (QED) is 0.878. The highest BCUT2D eigenvalue weighted by Gasteiger charge is 2.38. The standard InChI is InChI=1S/C18H26ClNO3/c1-17(2,3)23-16(21)20-10-6-8-14(12-20)18(4,22)13-7-5-9-15(19)11-13/h5,7,9,11,14,22H,6,8,10,12H2,1-4H3/t14-,18-/m1/s1. The Kier molecular flexibility index (Phi) is 5.27. The van der Waals surface area contributed by atoms with Gasteiger partial charge in [0.05, 0.1) is 5.60 Å². The van der Waals surface area contributed by atoms with Crippen LogP contribution in [0.2, 0.25) is 5.02 Å². The van der Waals surface area contributed by atoms with E-state index >= 15 is 0 Å². The lowest BCUT2D eigenvalue weighted by molar-refractivity contribution is -0.0438. The molecule has 1 saturated heterocycles. The molecule has 23 heavy (non-hydrogen) atoms. The molecule has 2 atom stereocenters. The lowest BCUT2D eigenvalue weighted by Crippen LogP contribution is -2.48. The number of benzene rings is 1. The molecule has 2 rings (SSSR count). The monoisotopic (exact) mass is 339 g/mol. The molecule has 4 nitrogen and oxygen atoms in total. The summed E-state index contributed by atoms with van der Waals surface area (Å²) in [5, 5.41) is 11.6. The van der Waals surface area contributed by atoms with Gasteiger partial charge in [-0.25, -0.2) is 4.79 Å². The molecule has 0 bridgehead atoms. The van der Waals surface area contributed by atoms with E-state index in [2.05, 4.69) is 0 Å². The SMILES string of the molecule is CC(C)(C)OC(=O)N1CCC[C@@H]([C@](C)(O)c2cccc(Cl)c2)C1. The molecule has 128 valence electrons. The Morgan fingerprint density at radius 1 is 1.35 bits per heavy atom. The lowest BCUT2D eigenvalue weighted by atomic mass is 9.78. The highest BCUT2D eigenvalue weighted by molar-refractivity contribution is 6.30. The van der Waals surface area contributed by atoms with Crippen LogP contribution in [0.4, 0.5) is 4.79 Å². The molecule has 0 aromatic heterocycles. The second-order valence-corrected chi connectivity index (χ2v) is 7.86. The molecule has 5 heteroatoms. The van der Waals surface area contributed by atoms with Gasteiger partial charge in [0.1, 0.15) is 5.60 Å². The van der Waals surface area contributed by atoms with Gasteiger partial charge in [-0.2, -0.15) is 0 Å². The van der Waals surface area contributed by atoms with E-state index in [-0.39, 0.29) is 12.0 Å². The Hall–Kier alpha value is -1.26. The van der Waals surface area contributed by atoms with E-state index < -0.39 is 11.2 Å². The minimum atomic E-state index is -1.04. The van der Waals surface area contributed by atoms with Crippen molar-refractivity contribution in [2.45, 2.75) is 51.7 Å². The first-order chi connectivity index (χ1) is 10.6. The van der Waals surface area contributed by atoms with Crippen molar-refractivity contribution in [3.05, 3.63) is 34.9 Å². The molecule has 0 radical (unpaired) electrons. The van der Waals surface area contributed by atoms with Crippen molar-refractivity contribution < 1.29 is 14.6 Å². The Labute approximate surface area is 143 Å². The van der Waals surface area contributed by atoms with E-state index in [1.54, 1.807) is 24.0 Å². The number of ether oxygens (including phenoxy) is 1. The second-order valence-electron chi connectivity index (χ2n) is 7.42. The van der Waals surface area contributed by atoms with Gasteiger partial charge in [0.25, 0.3) is 0 Å². The van der Waals surface area contributed by atoms with Crippen LogP contribution < -0.4 is 0 Å². The molecule has 1 aromatic carbocycles. The van der Waals surface area contributed by atoms with Gasteiger partial charge in [-0.15, -0.1) is 0 Å². The van der Waals surface area contributed by atoms with E-state index in [0.717, 1.165) is 18.4 Å². The molecule has 0 spiro atoms. The van der Waals surface area contributed by atoms with Gasteiger partial charge in [0.15, 0.2) is 0 Å². The number of carbonyl (C=O) groups excluding carboxylic acids is 1. The number of amides is 1. The first-order valence-electron chi connectivity index (χ1n) is 8.06. The molecular formula is C18H26ClNO3. The van der Waals surface area contributed by atoms with Gasteiger partial charge in [-0.3, -0.25) is 0 Å². The number of likely N-dealkylation sites (tertiary alicyclic amines) is 1. The topological polar surface area (TPSA) is 49.8 Å². The third kappa shape index (κ3) is 4.61. The third-order valence-corrected chi connectivity index (χ3v) is 4.51. The van der Waals surface area contributed by atoms with E-state index in [1.165, 1.54) is 0 Å². The second kappa shape index (κ2) is 6.70. The minimum Gasteiger partial charge on any atom is -0.444 e. The minimum absolute atomic E-state index is 0.0535. The van der Waals surface area contributed by atoms with Crippen molar-refractivity contribution in [1.82, 2.24) is 4.90 Å². The maximum Gasteiger partial charge on any atom is 0.410 e. The van der Waals surface area contributed by atoms with Crippen molar-refractivity contribution in [1.29, 1.82) is 0 Å². The number of carbonyl (C=O) groups is 1. The lowest BCUT2D eigenvalue weighted by Gasteiger charge is -2.41. The molecule has 1 aromatic rings. The summed E-state index contributed by atoms with van der Waals surface area (Å²) in [6.07, 6.45) is 1.39. The zero-order valence-electron chi connectivity index (χ0n) is 14.3. The summed E-state index contributed by atoms with van der Waals surface area (Å²) in [4.78, 5) is 14.0. The summed E-state index contributed by atoms with van der Waals surface area (Å²) in [6, 6.07) is 7.28. The predicted octanol–water partition coefficient (Wildman–Crippen LogP) is 4.19. The number of rotatable bonds is 2. The Balaban J connectivity index is 2.12. The Morgan fingerprint density at radius 3 is 2.65 bits per heavy atom. The number of aliphatic hydroxyl groups is 1. The molecule has 1 amide bonds. The largest absolute Gasteiger partial charge is 0.444 e. The van der Waals surface area contributed by atoms with Gasteiger partial charge in [-0.1, -0.05) is 23.7 Å². The fourth-order valence-electron chi connectivity index (χ4n) is 2.97. The Morgan fingerprint density at radius 2 is 2.04 bits per heavy atom. The van der Waals surface area contributed by atoms with Gasteiger partial charge >= 0.3 is 6.09 Å². The van der Waals surface area contributed by atoms with Crippen LogP contribution in [0.25, 0.3) is 0 Å². The average molecular weight is 340 g/mol. The maximum absolute atomic E-state index is 12.3. The summed E-state index contributed by atoms with van der Waals surface area (Å²) < 4.78 is 5.45. The summed E-state index contributed by atoms with van der Waals surface area (Å²) >= 11 is 6.05. The molecule has 0 aliphatic carbocycles. The number of nitrogens with zero attached hydrogens (tertiary/aromatic N) is 1. The molecule has 1 fully saturated rings. The van der Waals surface area contributed by atoms with E-state index in [1.807, 2.05) is 32.9 Å². The maximum atomic E-state index is 12.3. The van der Waals surface area contributed by atoms with Crippen molar-refractivity contribution in [2.24, 2.45) is 5.92 Å². The highest BCUT2D eigenvalue weighted by Crippen LogP contribution is 2.36. The Bertz CT molecular complexity index is 566. The summed E-state index contributed by atoms with van der Waals surface area (Å²) in [5.74, 6) is -0.0535. The molecule has 1 N–H and O–H groups in total. The number of hydrogen-bond donors (Lipinski definition) is 1. The van der Waals surface area contributed by atoms with Crippen LogP contribution in [0, 0.1) is 5.92 Å². The van der Waals surface area contributed by atoms with Crippen LogP contribution >= 0.6 is 11.6 Å². The fraction of sp³-hybridized carbons (Fsp3) is 0.611. The molecule has 1 aliphatic heterocycles. The average Bonchev–Trinajstić information content (AvgIpc) is 2.45. The summed E-state index contributed by atoms with van der Waals surface area (Å²) in [6.45, 7) is 8.50. The van der Waals surface area contributed by atoms with Crippen LogP contribution in [0.15, 0.2) is 24.3 Å². The van der Waals surface area contributed by atoms with Crippen LogP contribution in [-0.2, 0) is 10.3 Å². The van der Waals surface area contributed by atoms with E-state index in [4.69, 9.17) is 16.3 Å². The summed E-state index contributed by atoms with van der Waals surface area (Å²) in [7, 11) is 0. The molecule has 1 heterocycles. The number of hydrogen-bond acceptors (Lipinski definition) is 3. The van der Waals surface area contributed by atoms with Gasteiger partial charge in [-0.05, 0) is 58.2 Å². The van der Waals surface area contributed by atoms with Crippen LogP contribution in [-0.4, -0.2) is 34.8 Å².